The zero-order valence-corrected chi connectivity index (χ0v) is 16.6. The molecule has 1 aromatic carbocycles. The van der Waals surface area contributed by atoms with Gasteiger partial charge in [0.05, 0.1) is 12.4 Å². The van der Waals surface area contributed by atoms with Gasteiger partial charge in [-0.05, 0) is 31.2 Å². The van der Waals surface area contributed by atoms with Gasteiger partial charge < -0.3 is 14.0 Å². The smallest absolute Gasteiger partial charge is 0.316 e. The van der Waals surface area contributed by atoms with E-state index in [2.05, 4.69) is 22.3 Å². The number of aromatic nitrogens is 3. The molecule has 6 nitrogen and oxygen atoms in total. The standard InChI is InChI=1S/C20H27N3O3S/c1-25-13-12-23-18(14-16-8-4-2-5-9-16)21-22-20(23)27-15-19(24)26-17-10-6-3-7-11-17/h2,4-5,8-9,17H,3,6-7,10-15H2,1H3. The summed E-state index contributed by atoms with van der Waals surface area (Å²) < 4.78 is 12.9. The molecule has 1 aliphatic rings. The minimum Gasteiger partial charge on any atom is -0.462 e. The topological polar surface area (TPSA) is 66.2 Å². The first kappa shape index (κ1) is 19.9. The zero-order valence-electron chi connectivity index (χ0n) is 15.8. The molecule has 0 saturated heterocycles. The van der Waals surface area contributed by atoms with E-state index in [1.54, 1.807) is 7.11 Å². The number of carbonyl (C=O) groups excluding carboxylic acids is 1. The van der Waals surface area contributed by atoms with Crippen LogP contribution in [0.3, 0.4) is 0 Å². The molecule has 2 aromatic rings. The van der Waals surface area contributed by atoms with Gasteiger partial charge in [0.25, 0.3) is 0 Å². The van der Waals surface area contributed by atoms with Crippen molar-refractivity contribution in [1.29, 1.82) is 0 Å². The fourth-order valence-electron chi connectivity index (χ4n) is 3.27. The Morgan fingerprint density at radius 1 is 1.19 bits per heavy atom. The molecule has 0 radical (unpaired) electrons. The van der Waals surface area contributed by atoms with Gasteiger partial charge in [-0.1, -0.05) is 48.5 Å². The molecule has 0 amide bonds. The van der Waals surface area contributed by atoms with E-state index in [1.165, 1.54) is 23.7 Å². The van der Waals surface area contributed by atoms with E-state index in [1.807, 2.05) is 22.8 Å². The first-order chi connectivity index (χ1) is 13.3. The van der Waals surface area contributed by atoms with Crippen LogP contribution in [0.15, 0.2) is 35.5 Å². The van der Waals surface area contributed by atoms with Gasteiger partial charge in [0.15, 0.2) is 5.16 Å². The van der Waals surface area contributed by atoms with Gasteiger partial charge in [-0.25, -0.2) is 0 Å². The van der Waals surface area contributed by atoms with Gasteiger partial charge in [0, 0.05) is 20.1 Å². The molecule has 7 heteroatoms. The molecule has 1 aliphatic carbocycles. The molecule has 0 bridgehead atoms. The van der Waals surface area contributed by atoms with E-state index < -0.39 is 0 Å². The van der Waals surface area contributed by atoms with Crippen molar-refractivity contribution >= 4 is 17.7 Å². The average Bonchev–Trinajstić information content (AvgIpc) is 3.07. The number of nitrogens with zero attached hydrogens (tertiary/aromatic N) is 3. The second-order valence-corrected chi connectivity index (χ2v) is 7.69. The lowest BCUT2D eigenvalue weighted by Gasteiger charge is -2.21. The Morgan fingerprint density at radius 2 is 1.96 bits per heavy atom. The van der Waals surface area contributed by atoms with Crippen molar-refractivity contribution < 1.29 is 14.3 Å². The van der Waals surface area contributed by atoms with Crippen LogP contribution in [0.5, 0.6) is 0 Å². The van der Waals surface area contributed by atoms with Crippen LogP contribution in [0.2, 0.25) is 0 Å². The molecule has 27 heavy (non-hydrogen) atoms. The van der Waals surface area contributed by atoms with Crippen molar-refractivity contribution in [2.24, 2.45) is 0 Å². The lowest BCUT2D eigenvalue weighted by molar-refractivity contribution is -0.147. The quantitative estimate of drug-likeness (QED) is 0.483. The average molecular weight is 390 g/mol. The van der Waals surface area contributed by atoms with Crippen molar-refractivity contribution in [2.45, 2.75) is 56.3 Å². The Bertz CT molecular complexity index is 715. The molecule has 146 valence electrons. The lowest BCUT2D eigenvalue weighted by atomic mass is 9.98. The molecule has 0 unspecified atom stereocenters. The molecule has 1 fully saturated rings. The van der Waals surface area contributed by atoms with Crippen LogP contribution in [-0.2, 0) is 27.2 Å². The van der Waals surface area contributed by atoms with Crippen molar-refractivity contribution in [2.75, 3.05) is 19.5 Å². The highest BCUT2D eigenvalue weighted by molar-refractivity contribution is 7.99. The molecular formula is C20H27N3O3S. The molecule has 0 N–H and O–H groups in total. The van der Waals surface area contributed by atoms with Crippen molar-refractivity contribution in [3.8, 4) is 0 Å². The maximum Gasteiger partial charge on any atom is 0.316 e. The van der Waals surface area contributed by atoms with E-state index >= 15 is 0 Å². The SMILES string of the molecule is COCCn1c(Cc2ccccc2)nnc1SCC(=O)OC1CCCCC1. The van der Waals surface area contributed by atoms with Crippen molar-refractivity contribution in [1.82, 2.24) is 14.8 Å². The molecule has 0 atom stereocenters. The van der Waals surface area contributed by atoms with Gasteiger partial charge in [0.2, 0.25) is 0 Å². The Labute approximate surface area is 164 Å². The number of hydrogen-bond donors (Lipinski definition) is 0. The van der Waals surface area contributed by atoms with E-state index in [-0.39, 0.29) is 17.8 Å². The van der Waals surface area contributed by atoms with Gasteiger partial charge in [-0.15, -0.1) is 10.2 Å². The number of esters is 1. The summed E-state index contributed by atoms with van der Waals surface area (Å²) in [7, 11) is 1.68. The predicted molar refractivity (Wildman–Crippen MR) is 105 cm³/mol. The van der Waals surface area contributed by atoms with Crippen molar-refractivity contribution in [3.05, 3.63) is 41.7 Å². The third-order valence-corrected chi connectivity index (χ3v) is 5.63. The van der Waals surface area contributed by atoms with Crippen LogP contribution in [-0.4, -0.2) is 46.3 Å². The number of hydrogen-bond acceptors (Lipinski definition) is 6. The normalized spacial score (nSPS) is 15.0. The molecule has 1 saturated carbocycles. The van der Waals surface area contributed by atoms with Gasteiger partial charge >= 0.3 is 5.97 Å². The van der Waals surface area contributed by atoms with Crippen molar-refractivity contribution in [3.63, 3.8) is 0 Å². The van der Waals surface area contributed by atoms with Crippen LogP contribution in [0.4, 0.5) is 0 Å². The minimum atomic E-state index is -0.169. The third kappa shape index (κ3) is 6.07. The summed E-state index contributed by atoms with van der Waals surface area (Å²) in [6.45, 7) is 1.23. The number of rotatable bonds is 9. The van der Waals surface area contributed by atoms with E-state index in [0.717, 1.165) is 36.7 Å². The predicted octanol–water partition coefficient (Wildman–Crippen LogP) is 3.48. The molecule has 0 aliphatic heterocycles. The van der Waals surface area contributed by atoms with Crippen LogP contribution >= 0.6 is 11.8 Å². The van der Waals surface area contributed by atoms with Gasteiger partial charge in [-0.3, -0.25) is 4.79 Å². The summed E-state index contributed by atoms with van der Waals surface area (Å²) in [4.78, 5) is 12.2. The fraction of sp³-hybridized carbons (Fsp3) is 0.550. The summed E-state index contributed by atoms with van der Waals surface area (Å²) in [5, 5.41) is 9.37. The third-order valence-electron chi connectivity index (χ3n) is 4.69. The first-order valence-electron chi connectivity index (χ1n) is 9.53. The highest BCUT2D eigenvalue weighted by atomic mass is 32.2. The van der Waals surface area contributed by atoms with E-state index in [0.29, 0.717) is 19.6 Å². The zero-order chi connectivity index (χ0) is 18.9. The van der Waals surface area contributed by atoms with Gasteiger partial charge in [0.1, 0.15) is 11.9 Å². The molecular weight excluding hydrogens is 362 g/mol. The lowest BCUT2D eigenvalue weighted by Crippen LogP contribution is -2.22. The number of methoxy groups -OCH3 is 1. The molecule has 0 spiro atoms. The maximum atomic E-state index is 12.2. The van der Waals surface area contributed by atoms with Crippen LogP contribution in [0, 0.1) is 0 Å². The number of thioether (sulfide) groups is 1. The fourth-order valence-corrected chi connectivity index (χ4v) is 4.03. The summed E-state index contributed by atoms with van der Waals surface area (Å²) in [5.41, 5.74) is 1.18. The summed E-state index contributed by atoms with van der Waals surface area (Å²) in [5.74, 6) is 0.964. The van der Waals surface area contributed by atoms with Crippen LogP contribution < -0.4 is 0 Å². The highest BCUT2D eigenvalue weighted by Gasteiger charge is 2.19. The largest absolute Gasteiger partial charge is 0.462 e. The summed E-state index contributed by atoms with van der Waals surface area (Å²) in [6.07, 6.45) is 6.31. The minimum absolute atomic E-state index is 0.0897. The number of carbonyl (C=O) groups is 1. The molecule has 3 rings (SSSR count). The Kier molecular flexibility index (Phi) is 7.71. The second kappa shape index (κ2) is 10.5. The van der Waals surface area contributed by atoms with E-state index in [4.69, 9.17) is 9.47 Å². The second-order valence-electron chi connectivity index (χ2n) is 6.74. The number of benzene rings is 1. The Balaban J connectivity index is 1.60. The van der Waals surface area contributed by atoms with Crippen LogP contribution in [0.1, 0.15) is 43.5 Å². The first-order valence-corrected chi connectivity index (χ1v) is 10.5. The number of ether oxygens (including phenoxy) is 2. The van der Waals surface area contributed by atoms with Gasteiger partial charge in [-0.2, -0.15) is 0 Å². The Hall–Kier alpha value is -1.86. The molecule has 1 heterocycles. The maximum absolute atomic E-state index is 12.2. The molecule has 1 aromatic heterocycles. The van der Waals surface area contributed by atoms with Crippen LogP contribution in [0.25, 0.3) is 0 Å². The van der Waals surface area contributed by atoms with E-state index in [9.17, 15) is 4.79 Å². The summed E-state index contributed by atoms with van der Waals surface area (Å²) in [6, 6.07) is 10.2. The Morgan fingerprint density at radius 3 is 2.70 bits per heavy atom. The highest BCUT2D eigenvalue weighted by Crippen LogP contribution is 2.23. The monoisotopic (exact) mass is 389 g/mol. The summed E-state index contributed by atoms with van der Waals surface area (Å²) >= 11 is 1.38.